The minimum atomic E-state index is -1.31. The average Bonchev–Trinajstić information content (AvgIpc) is 4.02. The molecule has 0 saturated heterocycles. The van der Waals surface area contributed by atoms with Gasteiger partial charge < -0.3 is 69.9 Å². The first-order valence-corrected chi connectivity index (χ1v) is 19.5. The molecule has 340 valence electrons. The number of hydrogen-bond donors (Lipinski definition) is 8. The monoisotopic (exact) mass is 887 g/mol. The number of hydrogen-bond acceptors (Lipinski definition) is 12. The number of nitrogens with one attached hydrogen (secondary N) is 7. The molecule has 1 atom stereocenters. The first-order chi connectivity index (χ1) is 30.1. The van der Waals surface area contributed by atoms with Gasteiger partial charge in [-0.1, -0.05) is 0 Å². The molecular formula is C39H49N15O10. The minimum absolute atomic E-state index is 0.0311. The van der Waals surface area contributed by atoms with Crippen molar-refractivity contribution in [2.75, 3.05) is 34.4 Å². The fraction of sp³-hybridized carbons (Fsp3) is 0.359. The van der Waals surface area contributed by atoms with E-state index in [1.54, 1.807) is 65.9 Å². The SMILES string of the molecule is Cn1cc(NC(=O)c2nccn2C)cc1C(=O)NCCC(=O)Nc1cn(C)c(C(=O)Nc2cc(C(=O)NCC[C@@H](NC(=O)OC(C)(C)C)C(=O)Nc3cn(C)c(C(=O)O)n3)n(C)c2)n1. The van der Waals surface area contributed by atoms with E-state index in [0.717, 1.165) is 0 Å². The lowest BCUT2D eigenvalue weighted by atomic mass is 10.2. The second kappa shape index (κ2) is 19.6. The first-order valence-electron chi connectivity index (χ1n) is 19.5. The summed E-state index contributed by atoms with van der Waals surface area (Å²) in [6.45, 7) is 4.78. The van der Waals surface area contributed by atoms with Gasteiger partial charge in [0.1, 0.15) is 23.0 Å². The number of imidazole rings is 3. The minimum Gasteiger partial charge on any atom is -0.475 e. The fourth-order valence-corrected chi connectivity index (χ4v) is 6.08. The van der Waals surface area contributed by atoms with Gasteiger partial charge in [0.15, 0.2) is 17.5 Å². The third-order valence-electron chi connectivity index (χ3n) is 9.04. The van der Waals surface area contributed by atoms with Crippen molar-refractivity contribution in [2.24, 2.45) is 35.2 Å². The largest absolute Gasteiger partial charge is 0.475 e. The molecule has 5 heterocycles. The van der Waals surface area contributed by atoms with Crippen molar-refractivity contribution in [3.63, 3.8) is 0 Å². The van der Waals surface area contributed by atoms with Crippen molar-refractivity contribution in [3.05, 3.63) is 78.2 Å². The zero-order valence-corrected chi connectivity index (χ0v) is 36.2. The summed E-state index contributed by atoms with van der Waals surface area (Å²) in [7, 11) is 7.86. The Labute approximate surface area is 364 Å². The predicted molar refractivity (Wildman–Crippen MR) is 228 cm³/mol. The molecule has 0 aliphatic carbocycles. The van der Waals surface area contributed by atoms with E-state index < -0.39 is 59.1 Å². The van der Waals surface area contributed by atoms with Gasteiger partial charge in [0.2, 0.25) is 23.5 Å². The van der Waals surface area contributed by atoms with Crippen molar-refractivity contribution in [3.8, 4) is 0 Å². The number of aryl methyl sites for hydroxylation is 5. The van der Waals surface area contributed by atoms with Crippen LogP contribution in [-0.2, 0) is 49.6 Å². The molecule has 64 heavy (non-hydrogen) atoms. The summed E-state index contributed by atoms with van der Waals surface area (Å²) in [4.78, 5) is 114. The maximum absolute atomic E-state index is 13.2. The Balaban J connectivity index is 1.10. The van der Waals surface area contributed by atoms with Crippen molar-refractivity contribution in [1.29, 1.82) is 0 Å². The molecule has 0 aromatic carbocycles. The van der Waals surface area contributed by atoms with Crippen molar-refractivity contribution >= 4 is 70.5 Å². The normalized spacial score (nSPS) is 11.6. The number of carboxylic acids is 1. The maximum Gasteiger partial charge on any atom is 0.408 e. The molecule has 5 aromatic rings. The molecule has 7 amide bonds. The van der Waals surface area contributed by atoms with Crippen LogP contribution in [0, 0.1) is 0 Å². The summed E-state index contributed by atoms with van der Waals surface area (Å²) in [5, 5.41) is 27.5. The van der Waals surface area contributed by atoms with Crippen LogP contribution >= 0.6 is 0 Å². The van der Waals surface area contributed by atoms with Crippen LogP contribution in [0.5, 0.6) is 0 Å². The molecule has 0 radical (unpaired) electrons. The Hall–Kier alpha value is -8.25. The molecule has 0 saturated carbocycles. The van der Waals surface area contributed by atoms with E-state index in [1.165, 1.54) is 62.2 Å². The van der Waals surface area contributed by atoms with Crippen LogP contribution in [0.3, 0.4) is 0 Å². The highest BCUT2D eigenvalue weighted by Gasteiger charge is 2.27. The number of nitrogens with zero attached hydrogens (tertiary/aromatic N) is 8. The number of carbonyl (C=O) groups is 8. The van der Waals surface area contributed by atoms with Gasteiger partial charge in [0, 0.05) is 91.9 Å². The zero-order chi connectivity index (χ0) is 47.0. The highest BCUT2D eigenvalue weighted by Crippen LogP contribution is 2.17. The predicted octanol–water partition coefficient (Wildman–Crippen LogP) is 1.18. The lowest BCUT2D eigenvalue weighted by Crippen LogP contribution is -2.47. The standard InChI is InChI=1S/C39H49N15O10/c1-39(2,3)64-38(63)45-23(32(56)49-27-20-54(8)31(48-27)37(61)62)9-11-41-33(57)24-16-22(18-52(24)6)44-36(60)30-47-26(19-53(30)7)46-28(55)10-12-42-34(58)25-15-21(17-51(25)5)43-35(59)29-40-13-14-50(29)4/h13-20,23H,9-12H2,1-8H3,(H,41,57)(H,42,58)(H,43,59)(H,44,60)(H,45,63)(H,46,55)(H,49,56)(H,61,62)/t23-/m1/s1. The second-order valence-corrected chi connectivity index (χ2v) is 15.4. The Morgan fingerprint density at radius 3 is 1.72 bits per heavy atom. The van der Waals surface area contributed by atoms with E-state index in [1.807, 2.05) is 0 Å². The molecule has 25 heteroatoms. The van der Waals surface area contributed by atoms with Crippen LogP contribution in [0.2, 0.25) is 0 Å². The summed E-state index contributed by atoms with van der Waals surface area (Å²) in [5.41, 5.74) is 0.112. The molecule has 0 aliphatic heterocycles. The van der Waals surface area contributed by atoms with Gasteiger partial charge in [-0.2, -0.15) is 0 Å². The number of anilines is 4. The van der Waals surface area contributed by atoms with Gasteiger partial charge in [-0.05, 0) is 39.3 Å². The molecule has 25 nitrogen and oxygen atoms in total. The highest BCUT2D eigenvalue weighted by molar-refractivity contribution is 6.04. The van der Waals surface area contributed by atoms with Gasteiger partial charge in [-0.25, -0.2) is 24.5 Å². The Morgan fingerprint density at radius 1 is 0.656 bits per heavy atom. The van der Waals surface area contributed by atoms with Gasteiger partial charge in [-0.15, -0.1) is 0 Å². The van der Waals surface area contributed by atoms with Gasteiger partial charge in [0.05, 0.1) is 11.4 Å². The number of carboxylic acid groups (broad SMARTS) is 1. The van der Waals surface area contributed by atoms with Crippen LogP contribution in [0.4, 0.5) is 27.8 Å². The topological polar surface area (TPSA) is 314 Å². The van der Waals surface area contributed by atoms with Gasteiger partial charge in [-0.3, -0.25) is 28.8 Å². The number of aromatic carboxylic acids is 1. The first kappa shape index (κ1) is 46.8. The Bertz CT molecular complexity index is 2600. The number of ether oxygens (including phenoxy) is 1. The number of alkyl carbamates (subject to hydrolysis) is 1. The van der Waals surface area contributed by atoms with Crippen molar-refractivity contribution < 1.29 is 48.2 Å². The number of rotatable bonds is 17. The van der Waals surface area contributed by atoms with Gasteiger partial charge in [0.25, 0.3) is 23.6 Å². The molecule has 0 spiro atoms. The number of carbonyl (C=O) groups excluding carboxylic acids is 7. The summed E-state index contributed by atoms with van der Waals surface area (Å²) in [6, 6.07) is 1.66. The molecular weight excluding hydrogens is 839 g/mol. The number of aromatic nitrogens is 8. The van der Waals surface area contributed by atoms with E-state index in [4.69, 9.17) is 4.74 Å². The van der Waals surface area contributed by atoms with Crippen LogP contribution in [-0.4, -0.2) is 115 Å². The van der Waals surface area contributed by atoms with Crippen LogP contribution in [0.25, 0.3) is 0 Å². The van der Waals surface area contributed by atoms with E-state index in [-0.39, 0.29) is 72.1 Å². The smallest absolute Gasteiger partial charge is 0.408 e. The van der Waals surface area contributed by atoms with Gasteiger partial charge >= 0.3 is 12.1 Å². The van der Waals surface area contributed by atoms with E-state index >= 15 is 0 Å². The quantitative estimate of drug-likeness (QED) is 0.0651. The Kier molecular flexibility index (Phi) is 14.4. The van der Waals surface area contributed by atoms with Crippen molar-refractivity contribution in [2.45, 2.75) is 45.3 Å². The van der Waals surface area contributed by atoms with E-state index in [0.29, 0.717) is 5.69 Å². The van der Waals surface area contributed by atoms with Crippen molar-refractivity contribution in [1.82, 2.24) is 53.7 Å². The molecule has 0 bridgehead atoms. The lowest BCUT2D eigenvalue weighted by molar-refractivity contribution is -0.118. The molecule has 0 aliphatic rings. The summed E-state index contributed by atoms with van der Waals surface area (Å²) < 4.78 is 12.4. The van der Waals surface area contributed by atoms with Crippen LogP contribution in [0.1, 0.15) is 86.4 Å². The average molecular weight is 888 g/mol. The zero-order valence-electron chi connectivity index (χ0n) is 36.2. The molecule has 5 rings (SSSR count). The Morgan fingerprint density at radius 2 is 1.19 bits per heavy atom. The summed E-state index contributed by atoms with van der Waals surface area (Å²) in [5.74, 6) is -4.90. The van der Waals surface area contributed by atoms with Crippen LogP contribution < -0.4 is 37.2 Å². The molecule has 0 unspecified atom stereocenters. The number of amides is 7. The summed E-state index contributed by atoms with van der Waals surface area (Å²) >= 11 is 0. The molecule has 8 N–H and O–H groups in total. The molecule has 5 aromatic heterocycles. The third-order valence-corrected chi connectivity index (χ3v) is 9.04. The maximum atomic E-state index is 13.2. The fourth-order valence-electron chi connectivity index (χ4n) is 6.08. The summed E-state index contributed by atoms with van der Waals surface area (Å²) in [6.07, 6.45) is 7.76. The third kappa shape index (κ3) is 12.2. The van der Waals surface area contributed by atoms with E-state index in [2.05, 4.69) is 52.2 Å². The molecule has 0 fully saturated rings. The highest BCUT2D eigenvalue weighted by atomic mass is 16.6. The second-order valence-electron chi connectivity index (χ2n) is 15.4. The van der Waals surface area contributed by atoms with E-state index in [9.17, 15) is 43.5 Å². The lowest BCUT2D eigenvalue weighted by Gasteiger charge is -2.23. The van der Waals surface area contributed by atoms with Crippen LogP contribution in [0.15, 0.2) is 49.3 Å².